The van der Waals surface area contributed by atoms with Gasteiger partial charge in [-0.05, 0) is 18.6 Å². The van der Waals surface area contributed by atoms with Gasteiger partial charge in [-0.3, -0.25) is 9.78 Å². The molecule has 4 nitrogen and oxygen atoms in total. The molecule has 0 atom stereocenters. The molecular weight excluding hydrogens is 212 g/mol. The number of aromatic nitrogens is 2. The topological polar surface area (TPSA) is 63.1 Å². The molecule has 1 heterocycles. The molecular formula is C10H14N2O2S. The lowest BCUT2D eigenvalue weighted by Gasteiger charge is -1.99. The van der Waals surface area contributed by atoms with Crippen molar-refractivity contribution in [1.82, 2.24) is 9.97 Å². The zero-order valence-electron chi connectivity index (χ0n) is 8.43. The fourth-order valence-electron chi connectivity index (χ4n) is 1.09. The number of hydrogen-bond donors (Lipinski definition) is 1. The van der Waals surface area contributed by atoms with Gasteiger partial charge in [0.1, 0.15) is 5.03 Å². The van der Waals surface area contributed by atoms with E-state index in [-0.39, 0.29) is 6.42 Å². The minimum absolute atomic E-state index is 0.274. The molecule has 0 bridgehead atoms. The average molecular weight is 226 g/mol. The van der Waals surface area contributed by atoms with Crippen LogP contribution in [0.5, 0.6) is 0 Å². The highest BCUT2D eigenvalue weighted by Crippen LogP contribution is 2.15. The molecule has 0 amide bonds. The monoisotopic (exact) mass is 226 g/mol. The third-order valence-corrected chi connectivity index (χ3v) is 2.82. The Morgan fingerprint density at radius 2 is 2.20 bits per heavy atom. The molecule has 0 spiro atoms. The molecule has 1 rings (SSSR count). The molecule has 15 heavy (non-hydrogen) atoms. The van der Waals surface area contributed by atoms with Crippen molar-refractivity contribution in [2.75, 3.05) is 5.75 Å². The van der Waals surface area contributed by atoms with E-state index in [2.05, 4.69) is 9.97 Å². The summed E-state index contributed by atoms with van der Waals surface area (Å²) in [7, 11) is 0. The largest absolute Gasteiger partial charge is 0.481 e. The van der Waals surface area contributed by atoms with Crippen molar-refractivity contribution < 1.29 is 9.90 Å². The van der Waals surface area contributed by atoms with Gasteiger partial charge in [-0.1, -0.05) is 6.42 Å². The predicted octanol–water partition coefficient (Wildman–Crippen LogP) is 2.21. The summed E-state index contributed by atoms with van der Waals surface area (Å²) >= 11 is 1.66. The number of rotatable bonds is 7. The summed E-state index contributed by atoms with van der Waals surface area (Å²) < 4.78 is 0. The van der Waals surface area contributed by atoms with Gasteiger partial charge in [0.15, 0.2) is 0 Å². The van der Waals surface area contributed by atoms with Crippen LogP contribution < -0.4 is 0 Å². The first kappa shape index (κ1) is 12.0. The van der Waals surface area contributed by atoms with E-state index in [1.54, 1.807) is 30.4 Å². The second kappa shape index (κ2) is 7.23. The highest BCUT2D eigenvalue weighted by atomic mass is 32.2. The zero-order chi connectivity index (χ0) is 10.9. The Labute approximate surface area is 93.1 Å². The molecule has 82 valence electrons. The number of aliphatic carboxylic acids is 1. The quantitative estimate of drug-likeness (QED) is 0.570. The smallest absolute Gasteiger partial charge is 0.303 e. The van der Waals surface area contributed by atoms with Gasteiger partial charge in [0.25, 0.3) is 0 Å². The van der Waals surface area contributed by atoms with Crippen LogP contribution in [0.1, 0.15) is 25.7 Å². The number of nitrogens with zero attached hydrogens (tertiary/aromatic N) is 2. The standard InChI is InChI=1S/C10H14N2O2S/c13-10(14)4-2-1-3-7-15-9-8-11-5-6-12-9/h5-6,8H,1-4,7H2,(H,13,14). The van der Waals surface area contributed by atoms with Gasteiger partial charge in [0, 0.05) is 18.8 Å². The molecule has 0 aliphatic rings. The highest BCUT2D eigenvalue weighted by Gasteiger charge is 1.97. The molecule has 1 aromatic rings. The molecule has 1 aromatic heterocycles. The van der Waals surface area contributed by atoms with Crippen LogP contribution >= 0.6 is 11.8 Å². The van der Waals surface area contributed by atoms with Gasteiger partial charge in [-0.2, -0.15) is 0 Å². The fourth-order valence-corrected chi connectivity index (χ4v) is 1.92. The fraction of sp³-hybridized carbons (Fsp3) is 0.500. The minimum atomic E-state index is -0.712. The van der Waals surface area contributed by atoms with Crippen LogP contribution in [0.4, 0.5) is 0 Å². The predicted molar refractivity (Wildman–Crippen MR) is 58.9 cm³/mol. The van der Waals surface area contributed by atoms with Crippen LogP contribution in [0.25, 0.3) is 0 Å². The van der Waals surface area contributed by atoms with Crippen LogP contribution in [0.3, 0.4) is 0 Å². The second-order valence-electron chi connectivity index (χ2n) is 3.10. The van der Waals surface area contributed by atoms with Crippen molar-refractivity contribution in [3.63, 3.8) is 0 Å². The van der Waals surface area contributed by atoms with Crippen molar-refractivity contribution in [3.8, 4) is 0 Å². The average Bonchev–Trinajstić information content (AvgIpc) is 2.24. The summed E-state index contributed by atoms with van der Waals surface area (Å²) in [5.74, 6) is 0.259. The molecule has 0 aliphatic carbocycles. The molecule has 5 heteroatoms. The Morgan fingerprint density at radius 3 is 2.87 bits per heavy atom. The van der Waals surface area contributed by atoms with E-state index in [0.717, 1.165) is 30.0 Å². The summed E-state index contributed by atoms with van der Waals surface area (Å²) in [6.07, 6.45) is 8.08. The Hall–Kier alpha value is -1.10. The summed E-state index contributed by atoms with van der Waals surface area (Å²) in [6, 6.07) is 0. The number of unbranched alkanes of at least 4 members (excludes halogenated alkanes) is 2. The SMILES string of the molecule is O=C(O)CCCCCSc1cnccn1. The Bertz CT molecular complexity index is 293. The van der Waals surface area contributed by atoms with E-state index in [1.165, 1.54) is 0 Å². The van der Waals surface area contributed by atoms with E-state index in [1.807, 2.05) is 0 Å². The van der Waals surface area contributed by atoms with Crippen molar-refractivity contribution in [2.24, 2.45) is 0 Å². The highest BCUT2D eigenvalue weighted by molar-refractivity contribution is 7.99. The van der Waals surface area contributed by atoms with E-state index < -0.39 is 5.97 Å². The third-order valence-electron chi connectivity index (χ3n) is 1.82. The van der Waals surface area contributed by atoms with Gasteiger partial charge in [0.05, 0.1) is 6.20 Å². The molecule has 0 unspecified atom stereocenters. The minimum Gasteiger partial charge on any atom is -0.481 e. The maximum absolute atomic E-state index is 10.2. The number of carboxylic acids is 1. The van der Waals surface area contributed by atoms with E-state index in [9.17, 15) is 4.79 Å². The normalized spacial score (nSPS) is 10.1. The Balaban J connectivity index is 2.00. The van der Waals surface area contributed by atoms with Crippen LogP contribution in [-0.2, 0) is 4.79 Å². The number of thioether (sulfide) groups is 1. The Kier molecular flexibility index (Phi) is 5.77. The Morgan fingerprint density at radius 1 is 1.33 bits per heavy atom. The zero-order valence-corrected chi connectivity index (χ0v) is 9.24. The summed E-state index contributed by atoms with van der Waals surface area (Å²) in [5, 5.41) is 9.35. The first-order chi connectivity index (χ1) is 7.29. The van der Waals surface area contributed by atoms with Crippen molar-refractivity contribution >= 4 is 17.7 Å². The van der Waals surface area contributed by atoms with Crippen molar-refractivity contribution in [1.29, 1.82) is 0 Å². The number of carboxylic acid groups (broad SMARTS) is 1. The van der Waals surface area contributed by atoms with Crippen LogP contribution in [0.2, 0.25) is 0 Å². The maximum atomic E-state index is 10.2. The van der Waals surface area contributed by atoms with Gasteiger partial charge >= 0.3 is 5.97 Å². The molecule has 1 N–H and O–H groups in total. The summed E-state index contributed by atoms with van der Waals surface area (Å²) in [6.45, 7) is 0. The number of hydrogen-bond acceptors (Lipinski definition) is 4. The van der Waals surface area contributed by atoms with Crippen molar-refractivity contribution in [2.45, 2.75) is 30.7 Å². The van der Waals surface area contributed by atoms with E-state index >= 15 is 0 Å². The van der Waals surface area contributed by atoms with Crippen LogP contribution in [-0.4, -0.2) is 26.8 Å². The lowest BCUT2D eigenvalue weighted by atomic mass is 10.2. The van der Waals surface area contributed by atoms with Gasteiger partial charge in [0.2, 0.25) is 0 Å². The van der Waals surface area contributed by atoms with Crippen LogP contribution in [0, 0.1) is 0 Å². The van der Waals surface area contributed by atoms with E-state index in [0.29, 0.717) is 0 Å². The lowest BCUT2D eigenvalue weighted by molar-refractivity contribution is -0.137. The summed E-state index contributed by atoms with van der Waals surface area (Å²) in [5.41, 5.74) is 0. The van der Waals surface area contributed by atoms with Crippen molar-refractivity contribution in [3.05, 3.63) is 18.6 Å². The number of carbonyl (C=O) groups is 1. The molecule has 0 saturated carbocycles. The molecule has 0 aliphatic heterocycles. The summed E-state index contributed by atoms with van der Waals surface area (Å²) in [4.78, 5) is 18.3. The van der Waals surface area contributed by atoms with Gasteiger partial charge in [-0.15, -0.1) is 11.8 Å². The first-order valence-electron chi connectivity index (χ1n) is 4.89. The molecule has 0 radical (unpaired) electrons. The van der Waals surface area contributed by atoms with Gasteiger partial charge < -0.3 is 5.11 Å². The molecule has 0 aromatic carbocycles. The molecule has 0 saturated heterocycles. The van der Waals surface area contributed by atoms with Crippen LogP contribution in [0.15, 0.2) is 23.6 Å². The maximum Gasteiger partial charge on any atom is 0.303 e. The first-order valence-corrected chi connectivity index (χ1v) is 5.88. The third kappa shape index (κ3) is 6.06. The lowest BCUT2D eigenvalue weighted by Crippen LogP contribution is -1.94. The molecule has 0 fully saturated rings. The van der Waals surface area contributed by atoms with E-state index in [4.69, 9.17) is 5.11 Å². The second-order valence-corrected chi connectivity index (χ2v) is 4.21. The van der Waals surface area contributed by atoms with Gasteiger partial charge in [-0.25, -0.2) is 4.98 Å².